The van der Waals surface area contributed by atoms with Crippen molar-refractivity contribution in [2.45, 2.75) is 62.3 Å². The van der Waals surface area contributed by atoms with Crippen molar-refractivity contribution in [1.29, 1.82) is 0 Å². The molecule has 4 saturated carbocycles. The van der Waals surface area contributed by atoms with Crippen LogP contribution in [0.2, 0.25) is 0 Å². The van der Waals surface area contributed by atoms with E-state index in [4.69, 9.17) is 4.74 Å². The first-order valence-corrected chi connectivity index (χ1v) is 8.39. The summed E-state index contributed by atoms with van der Waals surface area (Å²) in [5, 5.41) is 9.82. The Kier molecular flexibility index (Phi) is 4.03. The van der Waals surface area contributed by atoms with Crippen LogP contribution in [-0.2, 0) is 9.53 Å². The topological polar surface area (TPSA) is 46.5 Å². The maximum absolute atomic E-state index is 15.3. The number of ether oxygens (including phenoxy) is 1. The summed E-state index contributed by atoms with van der Waals surface area (Å²) in [4.78, 5) is 11.8. The van der Waals surface area contributed by atoms with E-state index in [-0.39, 0.29) is 44.4 Å². The summed E-state index contributed by atoms with van der Waals surface area (Å²) in [6, 6.07) is 0. The summed E-state index contributed by atoms with van der Waals surface area (Å²) in [6.07, 6.45) is -2.91. The Bertz CT molecular complexity index is 553. The van der Waals surface area contributed by atoms with Gasteiger partial charge in [-0.1, -0.05) is 6.58 Å². The maximum atomic E-state index is 15.3. The van der Waals surface area contributed by atoms with E-state index in [1.54, 1.807) is 0 Å². The number of hydrogen-bond acceptors (Lipinski definition) is 3. The van der Waals surface area contributed by atoms with Crippen LogP contribution in [-0.4, -0.2) is 34.4 Å². The van der Waals surface area contributed by atoms with E-state index in [0.29, 0.717) is 6.08 Å². The van der Waals surface area contributed by atoms with Gasteiger partial charge in [-0.2, -0.15) is 22.0 Å². The number of carbonyl (C=O) groups is 1. The van der Waals surface area contributed by atoms with Gasteiger partial charge in [0.1, 0.15) is 0 Å². The first-order valence-electron chi connectivity index (χ1n) is 8.39. The Hall–Kier alpha value is -1.18. The average Bonchev–Trinajstić information content (AvgIpc) is 2.48. The van der Waals surface area contributed by atoms with Crippen LogP contribution in [0.4, 0.5) is 22.0 Å². The van der Waals surface area contributed by atoms with Crippen LogP contribution in [0.25, 0.3) is 0 Å². The highest BCUT2D eigenvalue weighted by Crippen LogP contribution is 2.66. The third kappa shape index (κ3) is 2.35. The zero-order valence-electron chi connectivity index (χ0n) is 13.8. The molecule has 0 aromatic heterocycles. The number of rotatable bonds is 4. The molecule has 25 heavy (non-hydrogen) atoms. The van der Waals surface area contributed by atoms with Gasteiger partial charge < -0.3 is 9.84 Å². The second-order valence-corrected chi connectivity index (χ2v) is 7.87. The minimum absolute atomic E-state index is 0.0571. The van der Waals surface area contributed by atoms with Crippen molar-refractivity contribution in [3.05, 3.63) is 12.7 Å². The van der Waals surface area contributed by atoms with Gasteiger partial charge in [0.25, 0.3) is 0 Å². The van der Waals surface area contributed by atoms with Crippen LogP contribution in [0, 0.1) is 23.7 Å². The molecule has 0 aromatic carbocycles. The van der Waals surface area contributed by atoms with E-state index in [1.165, 1.54) is 0 Å². The van der Waals surface area contributed by atoms with Crippen molar-refractivity contribution in [2.24, 2.45) is 23.7 Å². The molecule has 3 nitrogen and oxygen atoms in total. The molecule has 142 valence electrons. The van der Waals surface area contributed by atoms with Gasteiger partial charge in [-0.25, -0.2) is 4.79 Å². The molecule has 1 atom stereocenters. The van der Waals surface area contributed by atoms with Gasteiger partial charge in [-0.05, 0) is 50.9 Å². The number of alkyl halides is 5. The molecule has 4 rings (SSSR count). The number of aliphatic hydroxyl groups is 1. The van der Waals surface area contributed by atoms with Crippen LogP contribution in [0.3, 0.4) is 0 Å². The Morgan fingerprint density at radius 2 is 1.52 bits per heavy atom. The van der Waals surface area contributed by atoms with E-state index < -0.39 is 41.1 Å². The van der Waals surface area contributed by atoms with Gasteiger partial charge in [-0.3, -0.25) is 0 Å². The lowest BCUT2D eigenvalue weighted by Crippen LogP contribution is -2.76. The second-order valence-electron chi connectivity index (χ2n) is 7.87. The SMILES string of the molecule is C=CC(=O)OC1(C(F)(F)C(C)(O)C(F)(F)F)C2CC3CC(C2)CC1C3. The maximum Gasteiger partial charge on any atom is 0.423 e. The average molecular weight is 368 g/mol. The van der Waals surface area contributed by atoms with E-state index in [0.717, 1.165) is 6.42 Å². The molecule has 0 spiro atoms. The fraction of sp³-hybridized carbons (Fsp3) is 0.824. The van der Waals surface area contributed by atoms with Crippen molar-refractivity contribution in [2.75, 3.05) is 0 Å². The summed E-state index contributed by atoms with van der Waals surface area (Å²) < 4.78 is 75.4. The lowest BCUT2D eigenvalue weighted by Gasteiger charge is -2.63. The Labute approximate surface area is 142 Å². The van der Waals surface area contributed by atoms with E-state index >= 15 is 8.78 Å². The van der Waals surface area contributed by atoms with Crippen molar-refractivity contribution in [1.82, 2.24) is 0 Å². The van der Waals surface area contributed by atoms with Gasteiger partial charge in [0.15, 0.2) is 5.60 Å². The summed E-state index contributed by atoms with van der Waals surface area (Å²) in [7, 11) is 0. The first-order chi connectivity index (χ1) is 11.4. The Morgan fingerprint density at radius 3 is 1.88 bits per heavy atom. The minimum atomic E-state index is -5.57. The third-order valence-electron chi connectivity index (χ3n) is 6.44. The van der Waals surface area contributed by atoms with Crippen LogP contribution in [0.15, 0.2) is 12.7 Å². The van der Waals surface area contributed by atoms with Gasteiger partial charge >= 0.3 is 18.1 Å². The van der Waals surface area contributed by atoms with Crippen molar-refractivity contribution < 1.29 is 36.6 Å². The van der Waals surface area contributed by atoms with E-state index in [1.807, 2.05) is 0 Å². The third-order valence-corrected chi connectivity index (χ3v) is 6.44. The van der Waals surface area contributed by atoms with Gasteiger partial charge in [0.05, 0.1) is 0 Å². The monoisotopic (exact) mass is 368 g/mol. The number of hydrogen-bond donors (Lipinski definition) is 1. The largest absolute Gasteiger partial charge is 0.449 e. The summed E-state index contributed by atoms with van der Waals surface area (Å²) >= 11 is 0. The number of carbonyl (C=O) groups excluding carboxylic acids is 1. The Balaban J connectivity index is 2.13. The zero-order valence-corrected chi connectivity index (χ0v) is 13.8. The molecule has 4 aliphatic carbocycles. The van der Waals surface area contributed by atoms with Crippen LogP contribution < -0.4 is 0 Å². The lowest BCUT2D eigenvalue weighted by molar-refractivity contribution is -0.389. The standard InChI is InChI=1S/C17H21F5O3/c1-3-13(23)25-15(16(18,19)14(2,24)17(20,21)22)11-5-9-4-10(7-11)8-12(15)6-9/h3,9-12,24H,1,4-8H2,2H3. The highest BCUT2D eigenvalue weighted by molar-refractivity contribution is 5.81. The van der Waals surface area contributed by atoms with Crippen molar-refractivity contribution in [3.8, 4) is 0 Å². The molecule has 4 bridgehead atoms. The van der Waals surface area contributed by atoms with Crippen LogP contribution in [0.5, 0.6) is 0 Å². The van der Waals surface area contributed by atoms with Crippen LogP contribution >= 0.6 is 0 Å². The molecule has 4 fully saturated rings. The molecule has 0 heterocycles. The van der Waals surface area contributed by atoms with E-state index in [9.17, 15) is 23.1 Å². The molecule has 0 radical (unpaired) electrons. The van der Waals surface area contributed by atoms with E-state index in [2.05, 4.69) is 6.58 Å². The van der Waals surface area contributed by atoms with Gasteiger partial charge in [0.2, 0.25) is 5.60 Å². The molecule has 1 unspecified atom stereocenters. The fourth-order valence-corrected chi connectivity index (χ4v) is 5.39. The molecular weight excluding hydrogens is 347 g/mol. The molecule has 0 aromatic rings. The lowest BCUT2D eigenvalue weighted by atomic mass is 9.47. The summed E-state index contributed by atoms with van der Waals surface area (Å²) in [5.41, 5.74) is -6.97. The minimum Gasteiger partial charge on any atom is -0.449 e. The van der Waals surface area contributed by atoms with Crippen LogP contribution in [0.1, 0.15) is 39.0 Å². The summed E-state index contributed by atoms with van der Waals surface area (Å²) in [5.74, 6) is -7.37. The predicted molar refractivity (Wildman–Crippen MR) is 77.7 cm³/mol. The van der Waals surface area contributed by atoms with Gasteiger partial charge in [-0.15, -0.1) is 0 Å². The molecule has 0 saturated heterocycles. The zero-order chi connectivity index (χ0) is 18.8. The quantitative estimate of drug-likeness (QED) is 0.466. The first kappa shape index (κ1) is 18.6. The second kappa shape index (κ2) is 5.41. The normalized spacial score (nSPS) is 39.8. The highest BCUT2D eigenvalue weighted by Gasteiger charge is 2.80. The van der Waals surface area contributed by atoms with Crippen molar-refractivity contribution >= 4 is 5.97 Å². The highest BCUT2D eigenvalue weighted by atomic mass is 19.4. The molecular formula is C17H21F5O3. The number of halogens is 5. The predicted octanol–water partition coefficient (Wildman–Crippen LogP) is 3.86. The van der Waals surface area contributed by atoms with Crippen molar-refractivity contribution in [3.63, 3.8) is 0 Å². The summed E-state index contributed by atoms with van der Waals surface area (Å²) in [6.45, 7) is 3.22. The Morgan fingerprint density at radius 1 is 1.08 bits per heavy atom. The van der Waals surface area contributed by atoms with Gasteiger partial charge in [0, 0.05) is 17.9 Å². The molecule has 1 N–H and O–H groups in total. The smallest absolute Gasteiger partial charge is 0.423 e. The molecule has 0 amide bonds. The molecule has 4 aliphatic rings. The fourth-order valence-electron chi connectivity index (χ4n) is 5.39. The molecule has 8 heteroatoms. The molecule has 0 aliphatic heterocycles. The number of esters is 1.